The average molecular weight is 511 g/mol. The minimum absolute atomic E-state index is 0.132. The molecule has 0 saturated carbocycles. The minimum atomic E-state index is -4.56. The van der Waals surface area contributed by atoms with Gasteiger partial charge in [0.15, 0.2) is 0 Å². The number of nitrogens with zero attached hydrogens (tertiary/aromatic N) is 4. The van der Waals surface area contributed by atoms with Crippen LogP contribution in [-0.4, -0.2) is 35.5 Å². The van der Waals surface area contributed by atoms with Gasteiger partial charge in [0.1, 0.15) is 5.82 Å². The molecule has 3 aromatic rings. The maximum atomic E-state index is 13.3. The number of aryl methyl sites for hydroxylation is 1. The number of benzene rings is 2. The quantitative estimate of drug-likeness (QED) is 0.420. The van der Waals surface area contributed by atoms with Crippen LogP contribution in [0, 0.1) is 6.92 Å². The molecule has 11 heteroatoms. The average Bonchev–Trinajstić information content (AvgIpc) is 2.86. The Bertz CT molecular complexity index is 1390. The van der Waals surface area contributed by atoms with Crippen LogP contribution >= 0.6 is 0 Å². The molecule has 192 valence electrons. The lowest BCUT2D eigenvalue weighted by Crippen LogP contribution is -2.46. The van der Waals surface area contributed by atoms with Crippen LogP contribution in [0.3, 0.4) is 0 Å². The first kappa shape index (κ1) is 25.7. The summed E-state index contributed by atoms with van der Waals surface area (Å²) in [6.45, 7) is 8.22. The van der Waals surface area contributed by atoms with Crippen LogP contribution in [0.5, 0.6) is 0 Å². The predicted molar refractivity (Wildman–Crippen MR) is 136 cm³/mol. The molecule has 2 heterocycles. The van der Waals surface area contributed by atoms with E-state index in [4.69, 9.17) is 0 Å². The van der Waals surface area contributed by atoms with E-state index in [1.54, 1.807) is 31.4 Å². The molecule has 0 radical (unpaired) electrons. The predicted octanol–water partition coefficient (Wildman–Crippen LogP) is 5.62. The zero-order chi connectivity index (χ0) is 26.9. The summed E-state index contributed by atoms with van der Waals surface area (Å²) >= 11 is 0. The lowest BCUT2D eigenvalue weighted by Gasteiger charge is -2.35. The van der Waals surface area contributed by atoms with E-state index < -0.39 is 17.6 Å². The van der Waals surface area contributed by atoms with Crippen molar-refractivity contribution >= 4 is 35.1 Å². The van der Waals surface area contributed by atoms with Gasteiger partial charge in [0, 0.05) is 36.6 Å². The maximum Gasteiger partial charge on any atom is 0.416 e. The van der Waals surface area contributed by atoms with E-state index in [0.717, 1.165) is 28.8 Å². The first-order chi connectivity index (χ1) is 17.4. The molecule has 1 aliphatic heterocycles. The van der Waals surface area contributed by atoms with E-state index in [1.807, 2.05) is 13.8 Å². The molecule has 0 aliphatic carbocycles. The fraction of sp³-hybridized carbons (Fsp3) is 0.231. The summed E-state index contributed by atoms with van der Waals surface area (Å²) in [5.41, 5.74) is 2.23. The van der Waals surface area contributed by atoms with Crippen LogP contribution in [0.25, 0.3) is 0 Å². The highest BCUT2D eigenvalue weighted by molar-refractivity contribution is 6.07. The summed E-state index contributed by atoms with van der Waals surface area (Å²) in [4.78, 5) is 37.7. The third kappa shape index (κ3) is 5.55. The lowest BCUT2D eigenvalue weighted by molar-refractivity contribution is -0.137. The molecule has 8 nitrogen and oxygen atoms in total. The Balaban J connectivity index is 1.58. The summed E-state index contributed by atoms with van der Waals surface area (Å²) in [5, 5.41) is 5.68. The molecule has 4 rings (SSSR count). The fourth-order valence-corrected chi connectivity index (χ4v) is 3.83. The van der Waals surface area contributed by atoms with Gasteiger partial charge in [-0.3, -0.25) is 14.6 Å². The van der Waals surface area contributed by atoms with Crippen molar-refractivity contribution in [3.63, 3.8) is 0 Å². The van der Waals surface area contributed by atoms with Crippen LogP contribution in [0.15, 0.2) is 60.8 Å². The van der Waals surface area contributed by atoms with Crippen LogP contribution in [0.2, 0.25) is 0 Å². The number of hydrogen-bond donors (Lipinski definition) is 2. The zero-order valence-electron chi connectivity index (χ0n) is 20.5. The Morgan fingerprint density at radius 3 is 2.65 bits per heavy atom. The van der Waals surface area contributed by atoms with Crippen molar-refractivity contribution in [1.82, 2.24) is 9.97 Å². The molecule has 3 amide bonds. The van der Waals surface area contributed by atoms with Gasteiger partial charge < -0.3 is 10.6 Å². The monoisotopic (exact) mass is 510 g/mol. The van der Waals surface area contributed by atoms with Gasteiger partial charge in [0.25, 0.3) is 5.91 Å². The number of halogens is 3. The molecule has 0 fully saturated rings. The molecule has 0 unspecified atom stereocenters. The topological polar surface area (TPSA) is 90.5 Å². The molecule has 0 atom stereocenters. The Kier molecular flexibility index (Phi) is 6.88. The number of anilines is 4. The SMILES string of the molecule is C=C(C)CNc1ncc2c(n1)N(C)C(=O)N(c1cc(NC(=O)c3cccc(C(F)(F)F)c3)ccc1C)C2. The molecular weight excluding hydrogens is 485 g/mol. The summed E-state index contributed by atoms with van der Waals surface area (Å²) in [6.07, 6.45) is -2.91. The molecule has 2 N–H and O–H groups in total. The Morgan fingerprint density at radius 2 is 1.95 bits per heavy atom. The van der Waals surface area contributed by atoms with Gasteiger partial charge in [0.2, 0.25) is 5.95 Å². The number of fused-ring (bicyclic) bond motifs is 1. The normalized spacial score (nSPS) is 13.3. The Morgan fingerprint density at radius 1 is 1.19 bits per heavy atom. The molecular formula is C26H25F3N6O2. The third-order valence-corrected chi connectivity index (χ3v) is 5.76. The molecule has 1 aromatic heterocycles. The first-order valence-electron chi connectivity index (χ1n) is 11.3. The van der Waals surface area contributed by atoms with Crippen molar-refractivity contribution < 1.29 is 22.8 Å². The number of carbonyl (C=O) groups excluding carboxylic acids is 2. The smallest absolute Gasteiger partial charge is 0.350 e. The molecule has 0 spiro atoms. The summed E-state index contributed by atoms with van der Waals surface area (Å²) in [7, 11) is 1.61. The largest absolute Gasteiger partial charge is 0.416 e. The first-order valence-corrected chi connectivity index (χ1v) is 11.3. The highest BCUT2D eigenvalue weighted by atomic mass is 19.4. The van der Waals surface area contributed by atoms with E-state index in [0.29, 0.717) is 29.7 Å². The van der Waals surface area contributed by atoms with E-state index >= 15 is 0 Å². The van der Waals surface area contributed by atoms with Gasteiger partial charge in [-0.2, -0.15) is 18.2 Å². The van der Waals surface area contributed by atoms with Gasteiger partial charge >= 0.3 is 12.2 Å². The minimum Gasteiger partial charge on any atom is -0.350 e. The lowest BCUT2D eigenvalue weighted by atomic mass is 10.1. The Hall–Kier alpha value is -4.41. The Labute approximate surface area is 211 Å². The van der Waals surface area contributed by atoms with Crippen molar-refractivity contribution in [2.75, 3.05) is 34.0 Å². The van der Waals surface area contributed by atoms with Crippen LogP contribution in [0.1, 0.15) is 34.0 Å². The number of carbonyl (C=O) groups is 2. The van der Waals surface area contributed by atoms with Gasteiger partial charge in [-0.1, -0.05) is 24.3 Å². The van der Waals surface area contributed by atoms with Gasteiger partial charge in [-0.25, -0.2) is 9.78 Å². The standard InChI is InChI=1S/C26H25F3N6O2/c1-15(2)12-30-24-31-13-18-14-35(25(37)34(4)22(18)33-24)21-11-20(9-8-16(21)3)32-23(36)17-6-5-7-19(10-17)26(27,28)29/h5-11,13H,1,12,14H2,2-4H3,(H,32,36)(H,30,31,33). The van der Waals surface area contributed by atoms with Crippen LogP contribution in [0.4, 0.5) is 41.1 Å². The molecule has 0 bridgehead atoms. The second kappa shape index (κ2) is 9.92. The van der Waals surface area contributed by atoms with Crippen molar-refractivity contribution in [1.29, 1.82) is 0 Å². The van der Waals surface area contributed by atoms with Gasteiger partial charge in [-0.15, -0.1) is 0 Å². The van der Waals surface area contributed by atoms with E-state index in [-0.39, 0.29) is 18.1 Å². The number of aromatic nitrogens is 2. The summed E-state index contributed by atoms with van der Waals surface area (Å²) in [5.74, 6) is 0.161. The maximum absolute atomic E-state index is 13.3. The van der Waals surface area contributed by atoms with E-state index in [2.05, 4.69) is 27.2 Å². The van der Waals surface area contributed by atoms with Gasteiger partial charge in [0.05, 0.1) is 17.8 Å². The summed E-state index contributed by atoms with van der Waals surface area (Å²) < 4.78 is 39.1. The summed E-state index contributed by atoms with van der Waals surface area (Å²) in [6, 6.07) is 8.81. The molecule has 1 aliphatic rings. The fourth-order valence-electron chi connectivity index (χ4n) is 3.83. The number of alkyl halides is 3. The number of urea groups is 1. The van der Waals surface area contributed by atoms with E-state index in [9.17, 15) is 22.8 Å². The number of rotatable bonds is 6. The number of hydrogen-bond acceptors (Lipinski definition) is 5. The third-order valence-electron chi connectivity index (χ3n) is 5.76. The second-order valence-corrected chi connectivity index (χ2v) is 8.81. The van der Waals surface area contributed by atoms with Crippen LogP contribution in [-0.2, 0) is 12.7 Å². The van der Waals surface area contributed by atoms with Crippen molar-refractivity contribution in [3.8, 4) is 0 Å². The number of nitrogens with one attached hydrogen (secondary N) is 2. The van der Waals surface area contributed by atoms with Crippen LogP contribution < -0.4 is 20.4 Å². The van der Waals surface area contributed by atoms with Crippen molar-refractivity contribution in [2.45, 2.75) is 26.6 Å². The van der Waals surface area contributed by atoms with Crippen molar-refractivity contribution in [3.05, 3.63) is 83.1 Å². The van der Waals surface area contributed by atoms with Crippen molar-refractivity contribution in [2.24, 2.45) is 0 Å². The highest BCUT2D eigenvalue weighted by Crippen LogP contribution is 2.33. The highest BCUT2D eigenvalue weighted by Gasteiger charge is 2.32. The second-order valence-electron chi connectivity index (χ2n) is 8.81. The molecule has 37 heavy (non-hydrogen) atoms. The van der Waals surface area contributed by atoms with E-state index in [1.165, 1.54) is 21.9 Å². The number of amides is 3. The van der Waals surface area contributed by atoms with Gasteiger partial charge in [-0.05, 0) is 49.7 Å². The molecule has 0 saturated heterocycles. The molecule has 2 aromatic carbocycles. The zero-order valence-corrected chi connectivity index (χ0v) is 20.5.